The lowest BCUT2D eigenvalue weighted by molar-refractivity contribution is 0.303. The summed E-state index contributed by atoms with van der Waals surface area (Å²) in [6.45, 7) is 1.01. The molecule has 3 aromatic carbocycles. The molecule has 0 spiro atoms. The number of thiazole rings is 1. The zero-order chi connectivity index (χ0) is 17.8. The van der Waals surface area contributed by atoms with Crippen LogP contribution in [0.25, 0.3) is 10.8 Å². The summed E-state index contributed by atoms with van der Waals surface area (Å²) in [6.07, 6.45) is 1.78. The first kappa shape index (κ1) is 16.5. The van der Waals surface area contributed by atoms with Gasteiger partial charge in [0.05, 0.1) is 0 Å². The molecule has 1 N–H and O–H groups in total. The first-order valence-corrected chi connectivity index (χ1v) is 9.19. The van der Waals surface area contributed by atoms with Crippen LogP contribution in [0.15, 0.2) is 72.2 Å². The van der Waals surface area contributed by atoms with Gasteiger partial charge in [-0.1, -0.05) is 42.5 Å². The van der Waals surface area contributed by atoms with Gasteiger partial charge in [0.1, 0.15) is 18.2 Å². The molecular formula is C21H17FN2OS. The number of rotatable bonds is 6. The van der Waals surface area contributed by atoms with Gasteiger partial charge in [0.15, 0.2) is 5.13 Å². The Morgan fingerprint density at radius 2 is 1.85 bits per heavy atom. The largest absolute Gasteiger partial charge is 0.489 e. The van der Waals surface area contributed by atoms with Crippen molar-refractivity contribution < 1.29 is 9.13 Å². The van der Waals surface area contributed by atoms with E-state index in [1.54, 1.807) is 29.7 Å². The van der Waals surface area contributed by atoms with Crippen LogP contribution in [0, 0.1) is 5.82 Å². The number of nitrogens with one attached hydrogen (secondary N) is 1. The summed E-state index contributed by atoms with van der Waals surface area (Å²) < 4.78 is 19.1. The summed E-state index contributed by atoms with van der Waals surface area (Å²) in [4.78, 5) is 4.27. The van der Waals surface area contributed by atoms with Gasteiger partial charge in [-0.25, -0.2) is 9.37 Å². The van der Waals surface area contributed by atoms with Gasteiger partial charge >= 0.3 is 0 Å². The second-order valence-electron chi connectivity index (χ2n) is 5.87. The van der Waals surface area contributed by atoms with Crippen LogP contribution < -0.4 is 10.1 Å². The molecule has 0 radical (unpaired) electrons. The number of hydrogen-bond acceptors (Lipinski definition) is 4. The van der Waals surface area contributed by atoms with Crippen LogP contribution in [0.1, 0.15) is 11.1 Å². The van der Waals surface area contributed by atoms with Gasteiger partial charge in [-0.15, -0.1) is 11.3 Å². The zero-order valence-electron chi connectivity index (χ0n) is 14.0. The van der Waals surface area contributed by atoms with Crippen molar-refractivity contribution in [3.63, 3.8) is 0 Å². The minimum absolute atomic E-state index is 0.243. The molecule has 0 unspecified atom stereocenters. The second kappa shape index (κ2) is 7.54. The molecule has 0 fully saturated rings. The van der Waals surface area contributed by atoms with E-state index in [9.17, 15) is 4.39 Å². The average molecular weight is 364 g/mol. The summed E-state index contributed by atoms with van der Waals surface area (Å²) in [5, 5.41) is 8.49. The topological polar surface area (TPSA) is 34.1 Å². The molecule has 5 heteroatoms. The lowest BCUT2D eigenvalue weighted by atomic mass is 10.0. The molecule has 0 bridgehead atoms. The minimum atomic E-state index is -0.243. The fraction of sp³-hybridized carbons (Fsp3) is 0.0952. The van der Waals surface area contributed by atoms with Gasteiger partial charge in [0.25, 0.3) is 0 Å². The maximum absolute atomic E-state index is 13.1. The molecule has 1 heterocycles. The fourth-order valence-corrected chi connectivity index (χ4v) is 3.38. The Labute approximate surface area is 155 Å². The Hall–Kier alpha value is -2.92. The molecule has 0 atom stereocenters. The number of anilines is 1. The van der Waals surface area contributed by atoms with E-state index in [0.29, 0.717) is 13.2 Å². The average Bonchev–Trinajstić information content (AvgIpc) is 3.19. The van der Waals surface area contributed by atoms with E-state index in [2.05, 4.69) is 28.5 Å². The van der Waals surface area contributed by atoms with Gasteiger partial charge in [-0.05, 0) is 34.5 Å². The predicted octanol–water partition coefficient (Wildman–Crippen LogP) is 5.63. The minimum Gasteiger partial charge on any atom is -0.489 e. The van der Waals surface area contributed by atoms with Crippen molar-refractivity contribution in [3.8, 4) is 5.75 Å². The van der Waals surface area contributed by atoms with Gasteiger partial charge in [0, 0.05) is 23.7 Å². The molecule has 0 saturated carbocycles. The van der Waals surface area contributed by atoms with Crippen molar-refractivity contribution in [1.82, 2.24) is 4.98 Å². The second-order valence-corrected chi connectivity index (χ2v) is 6.76. The number of nitrogens with zero attached hydrogens (tertiary/aromatic N) is 1. The molecule has 0 aliphatic carbocycles. The molecule has 26 heavy (non-hydrogen) atoms. The molecular weight excluding hydrogens is 347 g/mol. The Bertz CT molecular complexity index is 1000. The standard InChI is InChI=1S/C21H17FN2OS/c22-17-8-5-15(6-9-17)14-25-20-10-7-16-3-1-2-4-18(16)19(20)13-24-21-23-11-12-26-21/h1-12H,13-14H2,(H,23,24). The van der Waals surface area contributed by atoms with Gasteiger partial charge < -0.3 is 10.1 Å². The summed E-state index contributed by atoms with van der Waals surface area (Å²) in [5.41, 5.74) is 2.01. The summed E-state index contributed by atoms with van der Waals surface area (Å²) in [7, 11) is 0. The summed E-state index contributed by atoms with van der Waals surface area (Å²) >= 11 is 1.57. The molecule has 0 saturated heterocycles. The molecule has 130 valence electrons. The van der Waals surface area contributed by atoms with E-state index in [1.807, 2.05) is 23.6 Å². The van der Waals surface area contributed by atoms with Crippen LogP contribution in [0.3, 0.4) is 0 Å². The number of halogens is 1. The molecule has 4 rings (SSSR count). The van der Waals surface area contributed by atoms with Gasteiger partial charge in [-0.3, -0.25) is 0 Å². The van der Waals surface area contributed by atoms with Crippen LogP contribution >= 0.6 is 11.3 Å². The predicted molar refractivity (Wildman–Crippen MR) is 104 cm³/mol. The number of benzene rings is 3. The highest BCUT2D eigenvalue weighted by Gasteiger charge is 2.10. The van der Waals surface area contributed by atoms with Crippen LogP contribution in [-0.2, 0) is 13.2 Å². The highest BCUT2D eigenvalue weighted by atomic mass is 32.1. The van der Waals surface area contributed by atoms with Crippen LogP contribution in [0.4, 0.5) is 9.52 Å². The highest BCUT2D eigenvalue weighted by Crippen LogP contribution is 2.30. The Kier molecular flexibility index (Phi) is 4.80. The van der Waals surface area contributed by atoms with E-state index < -0.39 is 0 Å². The van der Waals surface area contributed by atoms with Crippen molar-refractivity contribution in [2.24, 2.45) is 0 Å². The Morgan fingerprint density at radius 1 is 1.00 bits per heavy atom. The first-order chi connectivity index (χ1) is 12.8. The lowest BCUT2D eigenvalue weighted by Gasteiger charge is -2.15. The number of ether oxygens (including phenoxy) is 1. The lowest BCUT2D eigenvalue weighted by Crippen LogP contribution is -2.04. The van der Waals surface area contributed by atoms with Crippen LogP contribution in [-0.4, -0.2) is 4.98 Å². The van der Waals surface area contributed by atoms with Gasteiger partial charge in [0.2, 0.25) is 0 Å². The van der Waals surface area contributed by atoms with Crippen molar-refractivity contribution in [2.45, 2.75) is 13.2 Å². The van der Waals surface area contributed by atoms with E-state index >= 15 is 0 Å². The van der Waals surface area contributed by atoms with Crippen molar-refractivity contribution in [3.05, 3.63) is 89.2 Å². The van der Waals surface area contributed by atoms with E-state index in [0.717, 1.165) is 32.8 Å². The first-order valence-electron chi connectivity index (χ1n) is 8.31. The van der Waals surface area contributed by atoms with Crippen LogP contribution in [0.2, 0.25) is 0 Å². The Balaban J connectivity index is 1.61. The third-order valence-electron chi connectivity index (χ3n) is 4.15. The Morgan fingerprint density at radius 3 is 2.65 bits per heavy atom. The molecule has 1 aromatic heterocycles. The summed E-state index contributed by atoms with van der Waals surface area (Å²) in [6, 6.07) is 18.7. The molecule has 4 aromatic rings. The maximum Gasteiger partial charge on any atom is 0.182 e. The third-order valence-corrected chi connectivity index (χ3v) is 4.88. The van der Waals surface area contributed by atoms with E-state index in [1.165, 1.54) is 12.1 Å². The van der Waals surface area contributed by atoms with Crippen molar-refractivity contribution >= 4 is 27.2 Å². The zero-order valence-corrected chi connectivity index (χ0v) is 14.8. The summed E-state index contributed by atoms with van der Waals surface area (Å²) in [5.74, 6) is 0.574. The van der Waals surface area contributed by atoms with Gasteiger partial charge in [-0.2, -0.15) is 0 Å². The molecule has 0 aliphatic heterocycles. The maximum atomic E-state index is 13.1. The van der Waals surface area contributed by atoms with Crippen molar-refractivity contribution in [1.29, 1.82) is 0 Å². The normalized spacial score (nSPS) is 10.8. The third kappa shape index (κ3) is 3.68. The number of fused-ring (bicyclic) bond motifs is 1. The molecule has 3 nitrogen and oxygen atoms in total. The smallest absolute Gasteiger partial charge is 0.182 e. The van der Waals surface area contributed by atoms with E-state index in [-0.39, 0.29) is 5.82 Å². The fourth-order valence-electron chi connectivity index (χ4n) is 2.85. The SMILES string of the molecule is Fc1ccc(COc2ccc3ccccc3c2CNc2nccs2)cc1. The molecule has 0 amide bonds. The monoisotopic (exact) mass is 364 g/mol. The highest BCUT2D eigenvalue weighted by molar-refractivity contribution is 7.13. The quantitative estimate of drug-likeness (QED) is 0.482. The van der Waals surface area contributed by atoms with Crippen LogP contribution in [0.5, 0.6) is 5.75 Å². The van der Waals surface area contributed by atoms with E-state index in [4.69, 9.17) is 4.74 Å². The van der Waals surface area contributed by atoms with Crippen molar-refractivity contribution in [2.75, 3.05) is 5.32 Å². The number of aromatic nitrogens is 1. The molecule has 0 aliphatic rings. The number of hydrogen-bond donors (Lipinski definition) is 1.